The van der Waals surface area contributed by atoms with Gasteiger partial charge in [-0.2, -0.15) is 0 Å². The Balaban J connectivity index is 1.65. The van der Waals surface area contributed by atoms with E-state index < -0.39 is 0 Å². The summed E-state index contributed by atoms with van der Waals surface area (Å²) in [6.45, 7) is 2.96. The number of ether oxygens (including phenoxy) is 1. The predicted octanol–water partition coefficient (Wildman–Crippen LogP) is 2.22. The van der Waals surface area contributed by atoms with Gasteiger partial charge in [0, 0.05) is 6.61 Å². The molecule has 3 atom stereocenters. The van der Waals surface area contributed by atoms with Crippen LogP contribution in [0.4, 0.5) is 0 Å². The van der Waals surface area contributed by atoms with Gasteiger partial charge in [0.2, 0.25) is 5.91 Å². The maximum absolute atomic E-state index is 12.9. The SMILES string of the molecule is CC(C1CCCO1)N1C(=O)C2(CC2)NC1c1ccccc1. The number of carbonyl (C=O) groups is 1. The lowest BCUT2D eigenvalue weighted by Gasteiger charge is -2.33. The number of amides is 1. The number of rotatable bonds is 3. The Morgan fingerprint density at radius 1 is 1.33 bits per heavy atom. The molecule has 1 aromatic rings. The quantitative estimate of drug-likeness (QED) is 0.926. The predicted molar refractivity (Wildman–Crippen MR) is 79.6 cm³/mol. The van der Waals surface area contributed by atoms with Crippen molar-refractivity contribution in [1.29, 1.82) is 0 Å². The molecule has 2 saturated heterocycles. The summed E-state index contributed by atoms with van der Waals surface area (Å²) < 4.78 is 5.83. The van der Waals surface area contributed by atoms with Crippen molar-refractivity contribution < 1.29 is 9.53 Å². The third-order valence-electron chi connectivity index (χ3n) is 5.14. The molecule has 2 heterocycles. The van der Waals surface area contributed by atoms with Gasteiger partial charge in [-0.1, -0.05) is 30.3 Å². The number of nitrogens with one attached hydrogen (secondary N) is 1. The van der Waals surface area contributed by atoms with Crippen molar-refractivity contribution in [2.45, 2.75) is 56.5 Å². The fourth-order valence-electron chi connectivity index (χ4n) is 3.70. The third kappa shape index (κ3) is 2.09. The third-order valence-corrected chi connectivity index (χ3v) is 5.14. The second-order valence-electron chi connectivity index (χ2n) is 6.54. The lowest BCUT2D eigenvalue weighted by molar-refractivity contribution is -0.135. The van der Waals surface area contributed by atoms with Gasteiger partial charge in [0.25, 0.3) is 0 Å². The van der Waals surface area contributed by atoms with Gasteiger partial charge < -0.3 is 9.64 Å². The summed E-state index contributed by atoms with van der Waals surface area (Å²) in [5.41, 5.74) is 0.882. The van der Waals surface area contributed by atoms with Gasteiger partial charge in [-0.3, -0.25) is 10.1 Å². The first-order valence-corrected chi connectivity index (χ1v) is 7.98. The first-order valence-electron chi connectivity index (χ1n) is 7.98. The molecule has 3 fully saturated rings. The highest BCUT2D eigenvalue weighted by atomic mass is 16.5. The molecule has 112 valence electrons. The van der Waals surface area contributed by atoms with Crippen molar-refractivity contribution in [1.82, 2.24) is 10.2 Å². The summed E-state index contributed by atoms with van der Waals surface area (Å²) in [5, 5.41) is 3.58. The van der Waals surface area contributed by atoms with Gasteiger partial charge in [0.1, 0.15) is 11.7 Å². The van der Waals surface area contributed by atoms with E-state index in [0.29, 0.717) is 0 Å². The molecular formula is C17H22N2O2. The van der Waals surface area contributed by atoms with E-state index in [-0.39, 0.29) is 29.8 Å². The van der Waals surface area contributed by atoms with Crippen LogP contribution in [0.25, 0.3) is 0 Å². The second-order valence-corrected chi connectivity index (χ2v) is 6.54. The van der Waals surface area contributed by atoms with Crippen LogP contribution < -0.4 is 5.32 Å². The Bertz CT molecular complexity index is 535. The first-order chi connectivity index (χ1) is 10.2. The fraction of sp³-hybridized carbons (Fsp3) is 0.588. The lowest BCUT2D eigenvalue weighted by Crippen LogP contribution is -2.45. The molecule has 1 aromatic carbocycles. The molecule has 1 aliphatic carbocycles. The lowest BCUT2D eigenvalue weighted by atomic mass is 10.1. The second kappa shape index (κ2) is 4.82. The van der Waals surface area contributed by atoms with Gasteiger partial charge in [0.05, 0.1) is 12.1 Å². The van der Waals surface area contributed by atoms with E-state index in [1.165, 1.54) is 5.56 Å². The Labute approximate surface area is 125 Å². The van der Waals surface area contributed by atoms with E-state index in [9.17, 15) is 4.79 Å². The van der Waals surface area contributed by atoms with E-state index in [4.69, 9.17) is 4.74 Å². The molecule has 0 bridgehead atoms. The summed E-state index contributed by atoms with van der Waals surface area (Å²) in [5.74, 6) is 0.263. The fourth-order valence-corrected chi connectivity index (χ4v) is 3.70. The number of nitrogens with zero attached hydrogens (tertiary/aromatic N) is 1. The van der Waals surface area contributed by atoms with E-state index in [1.807, 2.05) is 23.1 Å². The van der Waals surface area contributed by atoms with Gasteiger partial charge in [-0.05, 0) is 38.2 Å². The zero-order chi connectivity index (χ0) is 14.4. The maximum Gasteiger partial charge on any atom is 0.244 e. The van der Waals surface area contributed by atoms with Crippen LogP contribution >= 0.6 is 0 Å². The number of carbonyl (C=O) groups excluding carboxylic acids is 1. The van der Waals surface area contributed by atoms with E-state index >= 15 is 0 Å². The maximum atomic E-state index is 12.9. The highest BCUT2D eigenvalue weighted by molar-refractivity contribution is 5.92. The first kappa shape index (κ1) is 13.3. The van der Waals surface area contributed by atoms with Crippen LogP contribution in [0.2, 0.25) is 0 Å². The van der Waals surface area contributed by atoms with Crippen LogP contribution in [0.3, 0.4) is 0 Å². The minimum atomic E-state index is -0.284. The molecule has 1 N–H and O–H groups in total. The van der Waals surface area contributed by atoms with Crippen molar-refractivity contribution in [3.05, 3.63) is 35.9 Å². The van der Waals surface area contributed by atoms with Crippen LogP contribution in [0, 0.1) is 0 Å². The van der Waals surface area contributed by atoms with Gasteiger partial charge in [-0.15, -0.1) is 0 Å². The molecule has 1 spiro atoms. The van der Waals surface area contributed by atoms with Crippen molar-refractivity contribution in [2.75, 3.05) is 6.61 Å². The van der Waals surface area contributed by atoms with E-state index in [1.54, 1.807) is 0 Å². The summed E-state index contributed by atoms with van der Waals surface area (Å²) in [6, 6.07) is 10.4. The van der Waals surface area contributed by atoms with Crippen molar-refractivity contribution in [3.63, 3.8) is 0 Å². The molecule has 4 nitrogen and oxygen atoms in total. The Hall–Kier alpha value is -1.39. The Kier molecular flexibility index (Phi) is 3.05. The zero-order valence-electron chi connectivity index (χ0n) is 12.4. The molecular weight excluding hydrogens is 264 g/mol. The average Bonchev–Trinajstić information content (AvgIpc) is 2.98. The summed E-state index contributed by atoms with van der Waals surface area (Å²) >= 11 is 0. The van der Waals surface area contributed by atoms with Crippen LogP contribution in [-0.2, 0) is 9.53 Å². The smallest absolute Gasteiger partial charge is 0.244 e. The highest BCUT2D eigenvalue weighted by Crippen LogP contribution is 2.47. The molecule has 4 heteroatoms. The monoisotopic (exact) mass is 286 g/mol. The van der Waals surface area contributed by atoms with Crippen LogP contribution in [-0.4, -0.2) is 35.1 Å². The number of hydrogen-bond donors (Lipinski definition) is 1. The zero-order valence-corrected chi connectivity index (χ0v) is 12.4. The van der Waals surface area contributed by atoms with Crippen LogP contribution in [0.15, 0.2) is 30.3 Å². The van der Waals surface area contributed by atoms with E-state index in [0.717, 1.165) is 32.3 Å². The minimum Gasteiger partial charge on any atom is -0.376 e. The average molecular weight is 286 g/mol. The van der Waals surface area contributed by atoms with Crippen molar-refractivity contribution >= 4 is 5.91 Å². The molecule has 1 saturated carbocycles. The number of hydrogen-bond acceptors (Lipinski definition) is 3. The summed E-state index contributed by atoms with van der Waals surface area (Å²) in [4.78, 5) is 14.9. The van der Waals surface area contributed by atoms with Crippen molar-refractivity contribution in [2.24, 2.45) is 0 Å². The molecule has 0 radical (unpaired) electrons. The van der Waals surface area contributed by atoms with Crippen LogP contribution in [0.5, 0.6) is 0 Å². The molecule has 1 amide bonds. The topological polar surface area (TPSA) is 41.6 Å². The van der Waals surface area contributed by atoms with Crippen molar-refractivity contribution in [3.8, 4) is 0 Å². The summed E-state index contributed by atoms with van der Waals surface area (Å²) in [6.07, 6.45) is 4.25. The minimum absolute atomic E-state index is 0.0135. The van der Waals surface area contributed by atoms with E-state index in [2.05, 4.69) is 24.4 Å². The molecule has 2 aliphatic heterocycles. The normalized spacial score (nSPS) is 31.9. The number of benzene rings is 1. The standard InChI is InChI=1S/C17H22N2O2/c1-12(14-8-5-11-21-14)19-15(13-6-3-2-4-7-13)18-17(9-10-17)16(19)20/h2-4,6-7,12,14-15,18H,5,8-11H2,1H3. The molecule has 3 aliphatic rings. The molecule has 0 aromatic heterocycles. The largest absolute Gasteiger partial charge is 0.376 e. The van der Waals surface area contributed by atoms with Gasteiger partial charge in [-0.25, -0.2) is 0 Å². The molecule has 3 unspecified atom stereocenters. The van der Waals surface area contributed by atoms with Gasteiger partial charge in [0.15, 0.2) is 0 Å². The molecule has 4 rings (SSSR count). The highest BCUT2D eigenvalue weighted by Gasteiger charge is 2.60. The van der Waals surface area contributed by atoms with Crippen LogP contribution in [0.1, 0.15) is 44.3 Å². The van der Waals surface area contributed by atoms with Gasteiger partial charge >= 0.3 is 0 Å². The Morgan fingerprint density at radius 3 is 2.71 bits per heavy atom. The molecule has 21 heavy (non-hydrogen) atoms. The summed E-state index contributed by atoms with van der Waals surface area (Å²) in [7, 11) is 0. The Morgan fingerprint density at radius 2 is 2.10 bits per heavy atom.